The summed E-state index contributed by atoms with van der Waals surface area (Å²) >= 11 is 6.87. The van der Waals surface area contributed by atoms with Crippen LogP contribution in [-0.4, -0.2) is 12.8 Å². The van der Waals surface area contributed by atoms with Gasteiger partial charge in [0.2, 0.25) is 0 Å². The summed E-state index contributed by atoms with van der Waals surface area (Å²) in [5, 5.41) is 2.96. The van der Waals surface area contributed by atoms with Crippen LogP contribution in [0.5, 0.6) is 0 Å². The first-order valence-electron chi connectivity index (χ1n) is 6.51. The van der Waals surface area contributed by atoms with Gasteiger partial charge in [-0.25, -0.2) is 0 Å². The van der Waals surface area contributed by atoms with Gasteiger partial charge in [0.25, 0.3) is 0 Å². The normalized spacial score (nSPS) is 11.3. The molecule has 0 saturated heterocycles. The number of ketones is 1. The second-order valence-electron chi connectivity index (χ2n) is 4.59. The van der Waals surface area contributed by atoms with E-state index in [0.717, 1.165) is 20.1 Å². The number of Topliss-reactive ketones (excluding diaryl/α,β-unsaturated/α-hetero) is 1. The first-order chi connectivity index (χ1) is 10.1. The summed E-state index contributed by atoms with van der Waals surface area (Å²) in [5.74, 6) is 0.0838. The molecule has 0 spiro atoms. The molecule has 0 heterocycles. The molecule has 0 saturated carbocycles. The molecule has 0 unspecified atom stereocenters. The van der Waals surface area contributed by atoms with Crippen LogP contribution in [0.2, 0.25) is 0 Å². The van der Waals surface area contributed by atoms with Gasteiger partial charge in [0.05, 0.1) is 0 Å². The van der Waals surface area contributed by atoms with Crippen molar-refractivity contribution in [2.45, 2.75) is 6.42 Å². The van der Waals surface area contributed by atoms with Crippen LogP contribution in [-0.2, 0) is 11.2 Å². The molecule has 0 radical (unpaired) electrons. The summed E-state index contributed by atoms with van der Waals surface area (Å²) in [7, 11) is 1.80. The number of hydrogen-bond donors (Lipinski definition) is 1. The smallest absolute Gasteiger partial charge is 0.169 e. The Bertz CT molecular complexity index is 680. The van der Waals surface area contributed by atoms with E-state index in [2.05, 4.69) is 37.2 Å². The lowest BCUT2D eigenvalue weighted by molar-refractivity contribution is -0.113. The lowest BCUT2D eigenvalue weighted by Crippen LogP contribution is -2.09. The summed E-state index contributed by atoms with van der Waals surface area (Å²) < 4.78 is 1.94. The molecule has 0 amide bonds. The lowest BCUT2D eigenvalue weighted by atomic mass is 9.98. The fraction of sp³-hybridized carbons (Fsp3) is 0.118. The minimum atomic E-state index is 0.0838. The van der Waals surface area contributed by atoms with E-state index >= 15 is 0 Å². The predicted octanol–water partition coefficient (Wildman–Crippen LogP) is 4.58. The van der Waals surface area contributed by atoms with E-state index in [0.29, 0.717) is 12.0 Å². The second-order valence-corrected chi connectivity index (χ2v) is 6.42. The van der Waals surface area contributed by atoms with E-state index < -0.39 is 0 Å². The maximum absolute atomic E-state index is 12.6. The Kier molecular flexibility index (Phi) is 5.76. The van der Waals surface area contributed by atoms with E-state index in [9.17, 15) is 4.79 Å². The summed E-state index contributed by atoms with van der Waals surface area (Å²) in [5.41, 5.74) is 2.57. The Hall–Kier alpha value is -1.39. The van der Waals surface area contributed by atoms with E-state index in [-0.39, 0.29) is 5.78 Å². The highest BCUT2D eigenvalue weighted by Crippen LogP contribution is 2.22. The molecule has 108 valence electrons. The van der Waals surface area contributed by atoms with E-state index in [1.165, 1.54) is 0 Å². The topological polar surface area (TPSA) is 29.1 Å². The van der Waals surface area contributed by atoms with Gasteiger partial charge in [-0.3, -0.25) is 4.79 Å². The zero-order valence-electron chi connectivity index (χ0n) is 11.6. The number of nitrogens with one attached hydrogen (secondary N) is 1. The second kappa shape index (κ2) is 7.57. The zero-order valence-corrected chi connectivity index (χ0v) is 14.7. The van der Waals surface area contributed by atoms with Crippen LogP contribution in [0, 0.1) is 0 Å². The molecule has 0 aromatic heterocycles. The Morgan fingerprint density at radius 3 is 2.38 bits per heavy atom. The average Bonchev–Trinajstić information content (AvgIpc) is 2.44. The van der Waals surface area contributed by atoms with Gasteiger partial charge in [0.1, 0.15) is 0 Å². The van der Waals surface area contributed by atoms with Gasteiger partial charge in [-0.2, -0.15) is 0 Å². The van der Waals surface area contributed by atoms with E-state index in [1.54, 1.807) is 13.2 Å². The quantitative estimate of drug-likeness (QED) is 0.733. The minimum absolute atomic E-state index is 0.0838. The van der Waals surface area contributed by atoms with Crippen LogP contribution in [0.25, 0.3) is 5.57 Å². The van der Waals surface area contributed by atoms with Gasteiger partial charge >= 0.3 is 0 Å². The number of allylic oxidation sites excluding steroid dienone is 1. The molecule has 1 N–H and O–H groups in total. The number of benzene rings is 2. The fourth-order valence-corrected chi connectivity index (χ4v) is 2.90. The first kappa shape index (κ1) is 16.0. The maximum atomic E-state index is 12.6. The van der Waals surface area contributed by atoms with Crippen molar-refractivity contribution in [1.29, 1.82) is 0 Å². The third-order valence-electron chi connectivity index (χ3n) is 2.98. The van der Waals surface area contributed by atoms with Gasteiger partial charge in [0.15, 0.2) is 5.78 Å². The zero-order chi connectivity index (χ0) is 15.2. The van der Waals surface area contributed by atoms with Crippen molar-refractivity contribution >= 4 is 43.2 Å². The number of halogens is 2. The first-order valence-corrected chi connectivity index (χ1v) is 8.10. The molecular formula is C17H15Br2NO. The molecule has 21 heavy (non-hydrogen) atoms. The van der Waals surface area contributed by atoms with Crippen LogP contribution in [0.1, 0.15) is 11.1 Å². The Balaban J connectivity index is 2.27. The largest absolute Gasteiger partial charge is 0.393 e. The van der Waals surface area contributed by atoms with Crippen LogP contribution in [0.4, 0.5) is 0 Å². The van der Waals surface area contributed by atoms with E-state index in [1.807, 2.05) is 48.5 Å². The predicted molar refractivity (Wildman–Crippen MR) is 94.0 cm³/mol. The number of rotatable bonds is 5. The molecule has 0 bridgehead atoms. The number of carbonyl (C=O) groups is 1. The third kappa shape index (κ3) is 4.55. The monoisotopic (exact) mass is 407 g/mol. The maximum Gasteiger partial charge on any atom is 0.169 e. The summed E-state index contributed by atoms with van der Waals surface area (Å²) in [6, 6.07) is 15.6. The molecule has 4 heteroatoms. The molecule has 2 aromatic rings. The molecule has 0 fully saturated rings. The van der Waals surface area contributed by atoms with Crippen LogP contribution in [0.3, 0.4) is 0 Å². The molecular weight excluding hydrogens is 394 g/mol. The SMILES string of the molecule is CNC=C(C(=O)Cc1cccc(Br)c1)c1cccc(Br)c1. The Morgan fingerprint density at radius 1 is 1.10 bits per heavy atom. The van der Waals surface area contributed by atoms with Crippen molar-refractivity contribution in [2.24, 2.45) is 0 Å². The van der Waals surface area contributed by atoms with Gasteiger partial charge in [-0.15, -0.1) is 0 Å². The standard InChI is InChI=1S/C17H15Br2NO/c1-20-11-16(13-5-3-7-15(19)10-13)17(21)9-12-4-2-6-14(18)8-12/h2-8,10-11,20H,9H2,1H3. The van der Waals surface area contributed by atoms with Gasteiger partial charge < -0.3 is 5.32 Å². The molecule has 2 nitrogen and oxygen atoms in total. The summed E-state index contributed by atoms with van der Waals surface area (Å²) in [6.45, 7) is 0. The summed E-state index contributed by atoms with van der Waals surface area (Å²) in [6.07, 6.45) is 2.13. The number of carbonyl (C=O) groups excluding carboxylic acids is 1. The van der Waals surface area contributed by atoms with Gasteiger partial charge in [-0.05, 0) is 35.4 Å². The summed E-state index contributed by atoms with van der Waals surface area (Å²) in [4.78, 5) is 12.6. The molecule has 0 atom stereocenters. The van der Waals surface area contributed by atoms with E-state index in [4.69, 9.17) is 0 Å². The van der Waals surface area contributed by atoms with Crippen LogP contribution < -0.4 is 5.32 Å². The van der Waals surface area contributed by atoms with Crippen molar-refractivity contribution in [2.75, 3.05) is 7.05 Å². The Labute approximate surface area is 141 Å². The van der Waals surface area contributed by atoms with Crippen LogP contribution >= 0.6 is 31.9 Å². The minimum Gasteiger partial charge on any atom is -0.393 e. The number of hydrogen-bond acceptors (Lipinski definition) is 2. The molecule has 0 aliphatic heterocycles. The fourth-order valence-electron chi connectivity index (χ4n) is 2.05. The molecule has 2 rings (SSSR count). The van der Waals surface area contributed by atoms with Crippen molar-refractivity contribution in [3.05, 3.63) is 74.8 Å². The highest BCUT2D eigenvalue weighted by Gasteiger charge is 2.13. The van der Waals surface area contributed by atoms with Gasteiger partial charge in [-0.1, -0.05) is 56.1 Å². The third-order valence-corrected chi connectivity index (χ3v) is 3.96. The van der Waals surface area contributed by atoms with Crippen molar-refractivity contribution in [3.63, 3.8) is 0 Å². The van der Waals surface area contributed by atoms with Crippen molar-refractivity contribution in [1.82, 2.24) is 5.32 Å². The Morgan fingerprint density at radius 2 is 1.76 bits per heavy atom. The molecule has 0 aliphatic rings. The van der Waals surface area contributed by atoms with Gasteiger partial charge in [0, 0.05) is 34.2 Å². The lowest BCUT2D eigenvalue weighted by Gasteiger charge is -2.08. The average molecular weight is 409 g/mol. The molecule has 2 aromatic carbocycles. The molecule has 0 aliphatic carbocycles. The van der Waals surface area contributed by atoms with Crippen molar-refractivity contribution < 1.29 is 4.79 Å². The highest BCUT2D eigenvalue weighted by atomic mass is 79.9. The van der Waals surface area contributed by atoms with Crippen LogP contribution in [0.15, 0.2) is 63.7 Å². The van der Waals surface area contributed by atoms with Crippen molar-refractivity contribution in [3.8, 4) is 0 Å². The highest BCUT2D eigenvalue weighted by molar-refractivity contribution is 9.10.